The Bertz CT molecular complexity index is 665. The van der Waals surface area contributed by atoms with Crippen LogP contribution in [-0.2, 0) is 6.42 Å². The monoisotopic (exact) mass is 296 g/mol. The van der Waals surface area contributed by atoms with E-state index < -0.39 is 0 Å². The summed E-state index contributed by atoms with van der Waals surface area (Å²) in [6, 6.07) is 13.2. The number of benzene rings is 2. The normalized spacial score (nSPS) is 12.4. The quantitative estimate of drug-likeness (QED) is 0.884. The molecule has 0 unspecified atom stereocenters. The Morgan fingerprint density at radius 3 is 2.82 bits per heavy atom. The molecule has 3 rings (SSSR count). The molecular weight excluding hydrogens is 276 g/mol. The second-order valence-corrected chi connectivity index (χ2v) is 5.38. The Labute approximate surface area is 130 Å². The molecule has 0 spiro atoms. The van der Waals surface area contributed by atoms with Gasteiger partial charge in [-0.1, -0.05) is 6.92 Å². The molecule has 0 radical (unpaired) electrons. The molecule has 22 heavy (non-hydrogen) atoms. The standard InChI is InChI=1S/C18H20N2O2/c1-2-11-22-16-6-4-15(5-7-16)20-18(21)14-3-8-17-13(12-14)9-10-19-17/h3-8,12,19H,2,9-11H2,1H3,(H,20,21). The number of carbonyl (C=O) groups excluding carboxylic acids is 1. The van der Waals surface area contributed by atoms with E-state index in [1.54, 1.807) is 0 Å². The van der Waals surface area contributed by atoms with E-state index in [1.165, 1.54) is 5.56 Å². The van der Waals surface area contributed by atoms with Gasteiger partial charge in [-0.05, 0) is 60.9 Å². The summed E-state index contributed by atoms with van der Waals surface area (Å²) in [5.41, 5.74) is 3.80. The first-order chi connectivity index (χ1) is 10.8. The second-order valence-electron chi connectivity index (χ2n) is 5.38. The van der Waals surface area contributed by atoms with Crippen LogP contribution in [0.3, 0.4) is 0 Å². The van der Waals surface area contributed by atoms with Gasteiger partial charge < -0.3 is 15.4 Å². The van der Waals surface area contributed by atoms with Crippen molar-refractivity contribution in [2.75, 3.05) is 23.8 Å². The maximum absolute atomic E-state index is 12.3. The van der Waals surface area contributed by atoms with Crippen molar-refractivity contribution in [2.24, 2.45) is 0 Å². The van der Waals surface area contributed by atoms with Crippen LogP contribution >= 0.6 is 0 Å². The molecule has 0 bridgehead atoms. The largest absolute Gasteiger partial charge is 0.494 e. The van der Waals surface area contributed by atoms with E-state index in [2.05, 4.69) is 17.6 Å². The van der Waals surface area contributed by atoms with Crippen LogP contribution in [0.25, 0.3) is 0 Å². The fourth-order valence-corrected chi connectivity index (χ4v) is 2.50. The molecule has 1 heterocycles. The van der Waals surface area contributed by atoms with E-state index in [1.807, 2.05) is 42.5 Å². The third-order valence-electron chi connectivity index (χ3n) is 3.66. The van der Waals surface area contributed by atoms with Gasteiger partial charge in [0.15, 0.2) is 0 Å². The fraction of sp³-hybridized carbons (Fsp3) is 0.278. The molecular formula is C18H20N2O2. The molecule has 2 aromatic carbocycles. The Morgan fingerprint density at radius 1 is 1.23 bits per heavy atom. The fourth-order valence-electron chi connectivity index (χ4n) is 2.50. The Kier molecular flexibility index (Phi) is 4.28. The van der Waals surface area contributed by atoms with Crippen molar-refractivity contribution >= 4 is 17.3 Å². The average molecular weight is 296 g/mol. The van der Waals surface area contributed by atoms with Crippen molar-refractivity contribution in [1.29, 1.82) is 0 Å². The van der Waals surface area contributed by atoms with Gasteiger partial charge in [0.1, 0.15) is 5.75 Å². The minimum absolute atomic E-state index is 0.0862. The van der Waals surface area contributed by atoms with Crippen molar-refractivity contribution in [3.63, 3.8) is 0 Å². The molecule has 2 aromatic rings. The number of nitrogens with one attached hydrogen (secondary N) is 2. The van der Waals surface area contributed by atoms with E-state index in [-0.39, 0.29) is 5.91 Å². The smallest absolute Gasteiger partial charge is 0.255 e. The van der Waals surface area contributed by atoms with Gasteiger partial charge in [-0.3, -0.25) is 4.79 Å². The van der Waals surface area contributed by atoms with Crippen LogP contribution in [0.1, 0.15) is 29.3 Å². The van der Waals surface area contributed by atoms with Crippen molar-refractivity contribution < 1.29 is 9.53 Å². The number of rotatable bonds is 5. The first-order valence-electron chi connectivity index (χ1n) is 7.67. The Morgan fingerprint density at radius 2 is 2.05 bits per heavy atom. The van der Waals surface area contributed by atoms with E-state index >= 15 is 0 Å². The second kappa shape index (κ2) is 6.52. The highest BCUT2D eigenvalue weighted by Gasteiger charge is 2.13. The van der Waals surface area contributed by atoms with Crippen LogP contribution < -0.4 is 15.4 Å². The number of ether oxygens (including phenoxy) is 1. The molecule has 0 aliphatic carbocycles. The number of amides is 1. The zero-order valence-corrected chi connectivity index (χ0v) is 12.7. The third kappa shape index (κ3) is 3.22. The lowest BCUT2D eigenvalue weighted by Crippen LogP contribution is -2.12. The van der Waals surface area contributed by atoms with Crippen LogP contribution in [0.4, 0.5) is 11.4 Å². The van der Waals surface area contributed by atoms with Crippen molar-refractivity contribution in [3.05, 3.63) is 53.6 Å². The van der Waals surface area contributed by atoms with Gasteiger partial charge in [0.25, 0.3) is 5.91 Å². The van der Waals surface area contributed by atoms with Gasteiger partial charge in [0.2, 0.25) is 0 Å². The third-order valence-corrected chi connectivity index (χ3v) is 3.66. The van der Waals surface area contributed by atoms with Gasteiger partial charge in [-0.2, -0.15) is 0 Å². The summed E-state index contributed by atoms with van der Waals surface area (Å²) in [6.45, 7) is 3.72. The molecule has 0 fully saturated rings. The van der Waals surface area contributed by atoms with Crippen molar-refractivity contribution in [3.8, 4) is 5.75 Å². The van der Waals surface area contributed by atoms with Crippen LogP contribution in [0.15, 0.2) is 42.5 Å². The lowest BCUT2D eigenvalue weighted by atomic mass is 10.1. The average Bonchev–Trinajstić information content (AvgIpc) is 3.01. The molecule has 2 N–H and O–H groups in total. The summed E-state index contributed by atoms with van der Waals surface area (Å²) in [5, 5.41) is 6.21. The topological polar surface area (TPSA) is 50.4 Å². The van der Waals surface area contributed by atoms with E-state index in [4.69, 9.17) is 4.74 Å². The summed E-state index contributed by atoms with van der Waals surface area (Å²) in [7, 11) is 0. The molecule has 4 nitrogen and oxygen atoms in total. The molecule has 114 valence electrons. The van der Waals surface area contributed by atoms with E-state index in [0.29, 0.717) is 12.2 Å². The molecule has 4 heteroatoms. The van der Waals surface area contributed by atoms with E-state index in [9.17, 15) is 4.79 Å². The van der Waals surface area contributed by atoms with Gasteiger partial charge in [0, 0.05) is 23.5 Å². The molecule has 1 aliphatic heterocycles. The minimum Gasteiger partial charge on any atom is -0.494 e. The maximum atomic E-state index is 12.3. The molecule has 1 aliphatic rings. The predicted octanol–water partition coefficient (Wildman–Crippen LogP) is 3.70. The minimum atomic E-state index is -0.0862. The first kappa shape index (κ1) is 14.4. The number of hydrogen-bond acceptors (Lipinski definition) is 3. The SMILES string of the molecule is CCCOc1ccc(NC(=O)c2ccc3c(c2)CCN3)cc1. The molecule has 1 amide bonds. The van der Waals surface area contributed by atoms with Crippen molar-refractivity contribution in [1.82, 2.24) is 0 Å². The van der Waals surface area contributed by atoms with Gasteiger partial charge in [-0.15, -0.1) is 0 Å². The summed E-state index contributed by atoms with van der Waals surface area (Å²) in [6.07, 6.45) is 1.95. The first-order valence-corrected chi connectivity index (χ1v) is 7.67. The number of anilines is 2. The lowest BCUT2D eigenvalue weighted by Gasteiger charge is -2.08. The number of carbonyl (C=O) groups is 1. The van der Waals surface area contributed by atoms with Crippen LogP contribution in [0, 0.1) is 0 Å². The highest BCUT2D eigenvalue weighted by molar-refractivity contribution is 6.04. The molecule has 0 aromatic heterocycles. The van der Waals surface area contributed by atoms with Gasteiger partial charge in [-0.25, -0.2) is 0 Å². The molecule has 0 saturated heterocycles. The zero-order valence-electron chi connectivity index (χ0n) is 12.7. The summed E-state index contributed by atoms with van der Waals surface area (Å²) < 4.78 is 5.53. The Hall–Kier alpha value is -2.49. The van der Waals surface area contributed by atoms with Gasteiger partial charge >= 0.3 is 0 Å². The highest BCUT2D eigenvalue weighted by Crippen LogP contribution is 2.23. The number of fused-ring (bicyclic) bond motifs is 1. The van der Waals surface area contributed by atoms with Crippen LogP contribution in [0.2, 0.25) is 0 Å². The van der Waals surface area contributed by atoms with E-state index in [0.717, 1.165) is 36.5 Å². The maximum Gasteiger partial charge on any atom is 0.255 e. The number of hydrogen-bond donors (Lipinski definition) is 2. The Balaban J connectivity index is 1.66. The van der Waals surface area contributed by atoms with Crippen LogP contribution in [-0.4, -0.2) is 19.1 Å². The predicted molar refractivity (Wildman–Crippen MR) is 88.8 cm³/mol. The van der Waals surface area contributed by atoms with Gasteiger partial charge in [0.05, 0.1) is 6.61 Å². The zero-order chi connectivity index (χ0) is 15.4. The summed E-state index contributed by atoms with van der Waals surface area (Å²) >= 11 is 0. The molecule has 0 atom stereocenters. The van der Waals surface area contributed by atoms with Crippen LogP contribution in [0.5, 0.6) is 5.75 Å². The van der Waals surface area contributed by atoms with Crippen molar-refractivity contribution in [2.45, 2.75) is 19.8 Å². The summed E-state index contributed by atoms with van der Waals surface area (Å²) in [4.78, 5) is 12.3. The highest BCUT2D eigenvalue weighted by atomic mass is 16.5. The summed E-state index contributed by atoms with van der Waals surface area (Å²) in [5.74, 6) is 0.736. The molecule has 0 saturated carbocycles. The lowest BCUT2D eigenvalue weighted by molar-refractivity contribution is 0.102.